The molecule has 0 aliphatic rings. The second-order valence-electron chi connectivity index (χ2n) is 4.02. The van der Waals surface area contributed by atoms with E-state index < -0.39 is 0 Å². The number of aromatic nitrogens is 2. The van der Waals surface area contributed by atoms with E-state index in [9.17, 15) is 4.79 Å². The number of esters is 1. The third-order valence-corrected chi connectivity index (χ3v) is 2.73. The van der Waals surface area contributed by atoms with Crippen molar-refractivity contribution in [3.8, 4) is 0 Å². The van der Waals surface area contributed by atoms with Gasteiger partial charge in [0, 0.05) is 18.5 Å². The van der Waals surface area contributed by atoms with E-state index in [0.29, 0.717) is 5.56 Å². The van der Waals surface area contributed by atoms with Gasteiger partial charge in [-0.15, -0.1) is 0 Å². The van der Waals surface area contributed by atoms with E-state index in [2.05, 4.69) is 9.84 Å². The molecule has 2 rings (SSSR count). The third kappa shape index (κ3) is 1.89. The number of carbonyl (C=O) groups excluding carboxylic acids is 1. The minimum Gasteiger partial charge on any atom is -0.465 e. The zero-order chi connectivity index (χ0) is 12.6. The van der Waals surface area contributed by atoms with E-state index in [-0.39, 0.29) is 12.0 Å². The third-order valence-electron chi connectivity index (χ3n) is 2.73. The highest BCUT2D eigenvalue weighted by Gasteiger charge is 2.14. The fourth-order valence-corrected chi connectivity index (χ4v) is 1.87. The second-order valence-corrected chi connectivity index (χ2v) is 4.02. The predicted octanol–water partition coefficient (Wildman–Crippen LogP) is 1.38. The highest BCUT2D eigenvalue weighted by Crippen LogP contribution is 2.23. The SMILES string of the molecule is COC(=O)c1ccc2c(C(C)N)nn(C)c2c1. The van der Waals surface area contributed by atoms with Crippen LogP contribution in [0.2, 0.25) is 0 Å². The number of hydrogen-bond acceptors (Lipinski definition) is 4. The summed E-state index contributed by atoms with van der Waals surface area (Å²) < 4.78 is 6.41. The fourth-order valence-electron chi connectivity index (χ4n) is 1.87. The maximum Gasteiger partial charge on any atom is 0.337 e. The number of methoxy groups -OCH3 is 1. The summed E-state index contributed by atoms with van der Waals surface area (Å²) in [6, 6.07) is 5.21. The first kappa shape index (κ1) is 11.6. The molecule has 1 unspecified atom stereocenters. The zero-order valence-corrected chi connectivity index (χ0v) is 10.1. The molecule has 0 aliphatic heterocycles. The van der Waals surface area contributed by atoms with Gasteiger partial charge in [0.1, 0.15) is 0 Å². The number of carbonyl (C=O) groups is 1. The lowest BCUT2D eigenvalue weighted by Gasteiger charge is -2.01. The molecule has 0 amide bonds. The second kappa shape index (κ2) is 4.18. The highest BCUT2D eigenvalue weighted by atomic mass is 16.5. The summed E-state index contributed by atoms with van der Waals surface area (Å²) in [6.07, 6.45) is 0. The van der Waals surface area contributed by atoms with Crippen molar-refractivity contribution in [2.75, 3.05) is 7.11 Å². The first-order valence-electron chi connectivity index (χ1n) is 5.35. The van der Waals surface area contributed by atoms with Crippen molar-refractivity contribution >= 4 is 16.9 Å². The Kier molecular flexibility index (Phi) is 2.85. The lowest BCUT2D eigenvalue weighted by Crippen LogP contribution is -2.06. The molecule has 2 N–H and O–H groups in total. The van der Waals surface area contributed by atoms with Gasteiger partial charge >= 0.3 is 5.97 Å². The van der Waals surface area contributed by atoms with Gasteiger partial charge in [0.2, 0.25) is 0 Å². The molecule has 17 heavy (non-hydrogen) atoms. The molecule has 0 aliphatic carbocycles. The summed E-state index contributed by atoms with van der Waals surface area (Å²) in [5, 5.41) is 5.32. The fraction of sp³-hybridized carbons (Fsp3) is 0.333. The monoisotopic (exact) mass is 233 g/mol. The molecule has 1 aromatic carbocycles. The number of hydrogen-bond donors (Lipinski definition) is 1. The maximum atomic E-state index is 11.4. The summed E-state index contributed by atoms with van der Waals surface area (Å²) in [7, 11) is 3.19. The Hall–Kier alpha value is -1.88. The smallest absolute Gasteiger partial charge is 0.337 e. The Bertz CT molecular complexity index is 572. The van der Waals surface area contributed by atoms with Crippen LogP contribution in [0.3, 0.4) is 0 Å². The van der Waals surface area contributed by atoms with Gasteiger partial charge in [0.25, 0.3) is 0 Å². The van der Waals surface area contributed by atoms with Crippen LogP contribution in [0.1, 0.15) is 29.0 Å². The molecule has 5 heteroatoms. The lowest BCUT2D eigenvalue weighted by molar-refractivity contribution is 0.0601. The van der Waals surface area contributed by atoms with Gasteiger partial charge in [-0.25, -0.2) is 4.79 Å². The molecule has 5 nitrogen and oxygen atoms in total. The van der Waals surface area contributed by atoms with Crippen molar-refractivity contribution in [1.29, 1.82) is 0 Å². The van der Waals surface area contributed by atoms with Crippen LogP contribution >= 0.6 is 0 Å². The van der Waals surface area contributed by atoms with Crippen LogP contribution in [0.5, 0.6) is 0 Å². The molecule has 1 heterocycles. The van der Waals surface area contributed by atoms with Gasteiger partial charge in [-0.05, 0) is 19.1 Å². The topological polar surface area (TPSA) is 70.1 Å². The predicted molar refractivity (Wildman–Crippen MR) is 64.7 cm³/mol. The molecule has 0 radical (unpaired) electrons. The van der Waals surface area contributed by atoms with Gasteiger partial charge in [-0.2, -0.15) is 5.10 Å². The Labute approximate surface area is 99.2 Å². The average Bonchev–Trinajstić information content (AvgIpc) is 2.65. The zero-order valence-electron chi connectivity index (χ0n) is 10.1. The number of benzene rings is 1. The molecule has 90 valence electrons. The average molecular weight is 233 g/mol. The standard InChI is InChI=1S/C12H15N3O2/c1-7(13)11-9-5-4-8(12(16)17-3)6-10(9)15(2)14-11/h4-7H,13H2,1-3H3. The van der Waals surface area contributed by atoms with Crippen LogP contribution in [0.4, 0.5) is 0 Å². The Balaban J connectivity index is 2.63. The van der Waals surface area contributed by atoms with Crippen LogP contribution in [-0.4, -0.2) is 22.9 Å². The quantitative estimate of drug-likeness (QED) is 0.795. The van der Waals surface area contributed by atoms with E-state index in [1.54, 1.807) is 16.8 Å². The molecular formula is C12H15N3O2. The van der Waals surface area contributed by atoms with Crippen molar-refractivity contribution in [3.63, 3.8) is 0 Å². The number of rotatable bonds is 2. The van der Waals surface area contributed by atoms with Crippen molar-refractivity contribution < 1.29 is 9.53 Å². The van der Waals surface area contributed by atoms with E-state index >= 15 is 0 Å². The number of nitrogens with zero attached hydrogens (tertiary/aromatic N) is 2. The van der Waals surface area contributed by atoms with E-state index in [4.69, 9.17) is 5.73 Å². The Morgan fingerprint density at radius 2 is 2.24 bits per heavy atom. The largest absolute Gasteiger partial charge is 0.465 e. The van der Waals surface area contributed by atoms with Crippen LogP contribution in [0.25, 0.3) is 10.9 Å². The number of aryl methyl sites for hydroxylation is 1. The maximum absolute atomic E-state index is 11.4. The van der Waals surface area contributed by atoms with E-state index in [0.717, 1.165) is 16.6 Å². The van der Waals surface area contributed by atoms with Crippen LogP contribution in [0.15, 0.2) is 18.2 Å². The number of nitrogens with two attached hydrogens (primary N) is 1. The molecule has 0 bridgehead atoms. The number of fused-ring (bicyclic) bond motifs is 1. The van der Waals surface area contributed by atoms with Crippen molar-refractivity contribution in [2.24, 2.45) is 12.8 Å². The first-order chi connectivity index (χ1) is 8.04. The lowest BCUT2D eigenvalue weighted by atomic mass is 10.1. The van der Waals surface area contributed by atoms with Gasteiger partial charge in [0.15, 0.2) is 0 Å². The van der Waals surface area contributed by atoms with Crippen LogP contribution in [-0.2, 0) is 11.8 Å². The van der Waals surface area contributed by atoms with Gasteiger partial charge < -0.3 is 10.5 Å². The van der Waals surface area contributed by atoms with Crippen molar-refractivity contribution in [2.45, 2.75) is 13.0 Å². The van der Waals surface area contributed by atoms with Crippen molar-refractivity contribution in [1.82, 2.24) is 9.78 Å². The van der Waals surface area contributed by atoms with Gasteiger partial charge in [0.05, 0.1) is 23.9 Å². The van der Waals surface area contributed by atoms with Crippen molar-refractivity contribution in [3.05, 3.63) is 29.5 Å². The minimum absolute atomic E-state index is 0.136. The molecule has 1 atom stereocenters. The summed E-state index contributed by atoms with van der Waals surface area (Å²) in [5.74, 6) is -0.351. The summed E-state index contributed by atoms with van der Waals surface area (Å²) in [5.41, 5.74) is 8.07. The van der Waals surface area contributed by atoms with Crippen LogP contribution < -0.4 is 5.73 Å². The molecule has 0 saturated carbocycles. The molecular weight excluding hydrogens is 218 g/mol. The molecule has 0 spiro atoms. The van der Waals surface area contributed by atoms with Crippen LogP contribution in [0, 0.1) is 0 Å². The Morgan fingerprint density at radius 1 is 1.53 bits per heavy atom. The van der Waals surface area contributed by atoms with Gasteiger partial charge in [-0.3, -0.25) is 4.68 Å². The highest BCUT2D eigenvalue weighted by molar-refractivity contribution is 5.95. The molecule has 1 aromatic heterocycles. The summed E-state index contributed by atoms with van der Waals surface area (Å²) >= 11 is 0. The summed E-state index contributed by atoms with van der Waals surface area (Å²) in [4.78, 5) is 11.4. The molecule has 0 saturated heterocycles. The summed E-state index contributed by atoms with van der Waals surface area (Å²) in [6.45, 7) is 1.88. The normalized spacial score (nSPS) is 12.7. The minimum atomic E-state index is -0.351. The molecule has 2 aromatic rings. The Morgan fingerprint density at radius 3 is 2.82 bits per heavy atom. The van der Waals surface area contributed by atoms with E-state index in [1.807, 2.05) is 20.0 Å². The van der Waals surface area contributed by atoms with Gasteiger partial charge in [-0.1, -0.05) is 6.07 Å². The molecule has 0 fully saturated rings. The number of ether oxygens (including phenoxy) is 1. The first-order valence-corrected chi connectivity index (χ1v) is 5.35. The van der Waals surface area contributed by atoms with E-state index in [1.165, 1.54) is 7.11 Å².